The Kier molecular flexibility index (Phi) is 7.91. The van der Waals surface area contributed by atoms with Gasteiger partial charge in [-0.15, -0.1) is 0 Å². The van der Waals surface area contributed by atoms with Gasteiger partial charge in [-0.05, 0) is 54.4 Å². The highest BCUT2D eigenvalue weighted by molar-refractivity contribution is 6.12. The van der Waals surface area contributed by atoms with E-state index in [-0.39, 0.29) is 42.6 Å². The van der Waals surface area contributed by atoms with E-state index < -0.39 is 11.2 Å². The molecule has 216 valence electrons. The van der Waals surface area contributed by atoms with Crippen LogP contribution >= 0.6 is 0 Å². The summed E-state index contributed by atoms with van der Waals surface area (Å²) in [5, 5.41) is 16.5. The molecule has 0 aliphatic rings. The van der Waals surface area contributed by atoms with Gasteiger partial charge in [0.1, 0.15) is 29.5 Å². The van der Waals surface area contributed by atoms with Crippen LogP contribution in [0.1, 0.15) is 52.4 Å². The van der Waals surface area contributed by atoms with Crippen LogP contribution in [0.2, 0.25) is 0 Å². The maximum Gasteiger partial charge on any atom is 0.255 e. The summed E-state index contributed by atoms with van der Waals surface area (Å²) in [6, 6.07) is 14.6. The van der Waals surface area contributed by atoms with Crippen LogP contribution in [0.15, 0.2) is 69.9 Å². The van der Waals surface area contributed by atoms with Gasteiger partial charge in [0.25, 0.3) is 5.91 Å². The number of nitrogens with zero attached hydrogens (tertiary/aromatic N) is 2. The van der Waals surface area contributed by atoms with Gasteiger partial charge in [-0.1, -0.05) is 31.1 Å². The molecule has 5 aromatic rings. The molecule has 1 amide bonds. The molecule has 10 heteroatoms. The lowest BCUT2D eigenvalue weighted by molar-refractivity contribution is 0.0949. The van der Waals surface area contributed by atoms with Crippen LogP contribution < -0.4 is 10.1 Å². The molecule has 0 aliphatic heterocycles. The van der Waals surface area contributed by atoms with Crippen LogP contribution in [0.4, 0.5) is 4.39 Å². The van der Waals surface area contributed by atoms with Crippen LogP contribution in [0.25, 0.3) is 33.4 Å². The SMILES string of the molecule is CNC(=O)c1c(-c2ccc(F)cc2)oc2cc(OCCO)c(-c3ccc(C)c(C(=O)CC(C)(C)c4ncon4)c3)cc12. The van der Waals surface area contributed by atoms with Crippen molar-refractivity contribution in [1.82, 2.24) is 15.5 Å². The monoisotopic (exact) mass is 571 g/mol. The Morgan fingerprint density at radius 3 is 2.48 bits per heavy atom. The minimum Gasteiger partial charge on any atom is -0.490 e. The Morgan fingerprint density at radius 2 is 1.81 bits per heavy atom. The molecule has 2 aromatic heterocycles. The molecule has 0 atom stereocenters. The van der Waals surface area contributed by atoms with Gasteiger partial charge in [-0.3, -0.25) is 9.59 Å². The summed E-state index contributed by atoms with van der Waals surface area (Å²) in [6.07, 6.45) is 1.38. The second-order valence-electron chi connectivity index (χ2n) is 10.6. The largest absolute Gasteiger partial charge is 0.490 e. The van der Waals surface area contributed by atoms with E-state index in [9.17, 15) is 19.1 Å². The van der Waals surface area contributed by atoms with Gasteiger partial charge in [-0.25, -0.2) is 4.39 Å². The number of Topliss-reactive ketones (excluding diaryl/α,β-unsaturated/α-hetero) is 1. The average molecular weight is 572 g/mol. The van der Waals surface area contributed by atoms with Crippen molar-refractivity contribution in [2.45, 2.75) is 32.6 Å². The summed E-state index contributed by atoms with van der Waals surface area (Å²) in [4.78, 5) is 30.8. The Balaban J connectivity index is 1.65. The van der Waals surface area contributed by atoms with Crippen molar-refractivity contribution in [3.63, 3.8) is 0 Å². The fourth-order valence-electron chi connectivity index (χ4n) is 4.91. The summed E-state index contributed by atoms with van der Waals surface area (Å²) in [5.41, 5.74) is 3.09. The van der Waals surface area contributed by atoms with Gasteiger partial charge in [0, 0.05) is 47.0 Å². The van der Waals surface area contributed by atoms with Gasteiger partial charge in [0.05, 0.1) is 12.2 Å². The van der Waals surface area contributed by atoms with Crippen molar-refractivity contribution in [1.29, 1.82) is 0 Å². The van der Waals surface area contributed by atoms with Crippen molar-refractivity contribution in [3.05, 3.63) is 89.3 Å². The molecular weight excluding hydrogens is 541 g/mol. The van der Waals surface area contributed by atoms with E-state index in [2.05, 4.69) is 15.5 Å². The van der Waals surface area contributed by atoms with Crippen molar-refractivity contribution in [2.24, 2.45) is 0 Å². The molecule has 0 saturated carbocycles. The summed E-state index contributed by atoms with van der Waals surface area (Å²) >= 11 is 0. The number of benzene rings is 3. The molecule has 2 heterocycles. The van der Waals surface area contributed by atoms with Gasteiger partial charge < -0.3 is 24.1 Å². The maximum absolute atomic E-state index is 13.6. The number of aryl methyl sites for hydroxylation is 1. The van der Waals surface area contributed by atoms with Crippen LogP contribution in [0, 0.1) is 12.7 Å². The van der Waals surface area contributed by atoms with Crippen molar-refractivity contribution in [3.8, 4) is 28.2 Å². The van der Waals surface area contributed by atoms with E-state index in [1.807, 2.05) is 32.9 Å². The molecule has 0 bridgehead atoms. The van der Waals surface area contributed by atoms with Crippen molar-refractivity contribution >= 4 is 22.7 Å². The van der Waals surface area contributed by atoms with Crippen molar-refractivity contribution < 1.29 is 32.8 Å². The smallest absolute Gasteiger partial charge is 0.255 e. The number of carbonyl (C=O) groups excluding carboxylic acids is 2. The van der Waals surface area contributed by atoms with Crippen LogP contribution in [-0.4, -0.2) is 47.2 Å². The molecule has 0 aliphatic carbocycles. The molecule has 0 fully saturated rings. The lowest BCUT2D eigenvalue weighted by Gasteiger charge is -2.20. The standard InChI is InChI=1S/C32H30FN3O6/c1-18-5-6-20(13-22(18)25(38)16-32(2,3)31-35-17-41-36-31)23-14-24-27(15-26(23)40-12-11-37)42-29(28(24)30(39)34-4)19-7-9-21(33)10-8-19/h5-10,13-15,17,37H,11-12,16H2,1-4H3,(H,34,39). The molecule has 0 saturated heterocycles. The molecule has 3 aromatic carbocycles. The number of halogens is 1. The first-order chi connectivity index (χ1) is 20.1. The van der Waals surface area contributed by atoms with Crippen LogP contribution in [0.5, 0.6) is 5.75 Å². The molecule has 0 unspecified atom stereocenters. The van der Waals surface area contributed by atoms with Gasteiger partial charge in [-0.2, -0.15) is 4.98 Å². The van der Waals surface area contributed by atoms with E-state index in [0.29, 0.717) is 44.8 Å². The predicted octanol–water partition coefficient (Wildman–Crippen LogP) is 5.88. The molecule has 2 N–H and O–H groups in total. The van der Waals surface area contributed by atoms with Gasteiger partial charge >= 0.3 is 0 Å². The first kappa shape index (κ1) is 28.7. The number of aliphatic hydroxyl groups excluding tert-OH is 1. The number of rotatable bonds is 10. The lowest BCUT2D eigenvalue weighted by atomic mass is 9.83. The molecule has 42 heavy (non-hydrogen) atoms. The summed E-state index contributed by atoms with van der Waals surface area (Å²) in [7, 11) is 1.52. The fraction of sp³-hybridized carbons (Fsp3) is 0.250. The number of carbonyl (C=O) groups is 2. The summed E-state index contributed by atoms with van der Waals surface area (Å²) < 4.78 is 30.6. The average Bonchev–Trinajstić information content (AvgIpc) is 3.65. The fourth-order valence-corrected chi connectivity index (χ4v) is 4.91. The number of furan rings is 1. The van der Waals surface area contributed by atoms with Crippen LogP contribution in [0.3, 0.4) is 0 Å². The summed E-state index contributed by atoms with van der Waals surface area (Å²) in [6.45, 7) is 5.41. The van der Waals surface area contributed by atoms with Gasteiger partial charge in [0.2, 0.25) is 6.39 Å². The van der Waals surface area contributed by atoms with Gasteiger partial charge in [0.15, 0.2) is 11.6 Å². The Morgan fingerprint density at radius 1 is 1.07 bits per heavy atom. The number of fused-ring (bicyclic) bond motifs is 1. The molecule has 0 spiro atoms. The van der Waals surface area contributed by atoms with E-state index in [0.717, 1.165) is 5.56 Å². The topological polar surface area (TPSA) is 128 Å². The first-order valence-corrected chi connectivity index (χ1v) is 13.4. The number of amides is 1. The predicted molar refractivity (Wildman–Crippen MR) is 154 cm³/mol. The second-order valence-corrected chi connectivity index (χ2v) is 10.6. The second kappa shape index (κ2) is 11.6. The molecule has 0 radical (unpaired) electrons. The quantitative estimate of drug-likeness (QED) is 0.199. The summed E-state index contributed by atoms with van der Waals surface area (Å²) in [5.74, 6) is 0.214. The minimum atomic E-state index is -0.656. The number of hydrogen-bond acceptors (Lipinski definition) is 8. The number of nitrogens with one attached hydrogen (secondary N) is 1. The van der Waals surface area contributed by atoms with E-state index in [1.54, 1.807) is 18.2 Å². The number of ketones is 1. The minimum absolute atomic E-state index is 0.0167. The number of ether oxygens (including phenoxy) is 1. The molecule has 5 rings (SSSR count). The Hall–Kier alpha value is -4.83. The number of aliphatic hydroxyl groups is 1. The van der Waals surface area contributed by atoms with Crippen molar-refractivity contribution in [2.75, 3.05) is 20.3 Å². The highest BCUT2D eigenvalue weighted by Crippen LogP contribution is 2.41. The zero-order chi connectivity index (χ0) is 30.0. The maximum atomic E-state index is 13.6. The number of aromatic nitrogens is 2. The van der Waals surface area contributed by atoms with E-state index in [1.165, 1.54) is 37.7 Å². The number of hydrogen-bond donors (Lipinski definition) is 2. The zero-order valence-electron chi connectivity index (χ0n) is 23.7. The normalized spacial score (nSPS) is 11.6. The third kappa shape index (κ3) is 5.53. The third-order valence-electron chi connectivity index (χ3n) is 7.12. The van der Waals surface area contributed by atoms with Crippen LogP contribution in [-0.2, 0) is 5.41 Å². The van der Waals surface area contributed by atoms with E-state index >= 15 is 0 Å². The molecule has 9 nitrogen and oxygen atoms in total. The lowest BCUT2D eigenvalue weighted by Crippen LogP contribution is -2.24. The van der Waals surface area contributed by atoms with E-state index in [4.69, 9.17) is 13.7 Å². The Bertz CT molecular complexity index is 1760. The molecular formula is C32H30FN3O6. The highest BCUT2D eigenvalue weighted by atomic mass is 19.1. The highest BCUT2D eigenvalue weighted by Gasteiger charge is 2.30. The first-order valence-electron chi connectivity index (χ1n) is 13.4. The Labute approximate surface area is 241 Å². The third-order valence-corrected chi connectivity index (χ3v) is 7.12. The zero-order valence-corrected chi connectivity index (χ0v) is 23.7.